The van der Waals surface area contributed by atoms with Crippen LogP contribution in [0.15, 0.2) is 24.3 Å². The first-order valence-electron chi connectivity index (χ1n) is 5.44. The number of nitrogens with one attached hydrogen (secondary N) is 1. The Labute approximate surface area is 136 Å². The molecule has 1 aromatic rings. The second-order valence-electron chi connectivity index (χ2n) is 3.86. The number of ether oxygens (including phenoxy) is 1. The van der Waals surface area contributed by atoms with Crippen molar-refractivity contribution < 1.29 is 9.53 Å². The van der Waals surface area contributed by atoms with Crippen LogP contribution in [-0.2, 0) is 0 Å². The highest BCUT2D eigenvalue weighted by Gasteiger charge is 2.46. The van der Waals surface area contributed by atoms with Crippen molar-refractivity contribution >= 4 is 64.1 Å². The lowest BCUT2D eigenvalue weighted by molar-refractivity contribution is 0.201. The van der Waals surface area contributed by atoms with E-state index in [-0.39, 0.29) is 0 Å². The number of benzene rings is 1. The molecule has 2 amide bonds. The molecule has 1 aromatic carbocycles. The van der Waals surface area contributed by atoms with Crippen LogP contribution in [0.5, 0.6) is 5.75 Å². The standard InChI is InChI=1S/C11H10Cl3N3O2S/c1-19-8-4-2-7(3-5-8)16-9(6-20)15-17(10(16)18)11(12,13)14/h2-6,9,15H,1H3. The Bertz CT molecular complexity index is 521. The quantitative estimate of drug-likeness (QED) is 0.515. The van der Waals surface area contributed by atoms with Gasteiger partial charge >= 0.3 is 6.03 Å². The number of halogens is 3. The number of thiocarbonyl (C=S) groups is 1. The molecule has 1 atom stereocenters. The van der Waals surface area contributed by atoms with Crippen molar-refractivity contribution in [2.24, 2.45) is 0 Å². The average Bonchev–Trinajstić information content (AvgIpc) is 2.75. The van der Waals surface area contributed by atoms with Crippen LogP contribution in [0.4, 0.5) is 10.5 Å². The number of hydrazine groups is 1. The maximum atomic E-state index is 12.3. The van der Waals surface area contributed by atoms with Gasteiger partial charge in [-0.05, 0) is 24.3 Å². The number of carbonyl (C=O) groups excluding carboxylic acids is 1. The van der Waals surface area contributed by atoms with E-state index < -0.39 is 16.1 Å². The molecule has 1 aliphatic rings. The van der Waals surface area contributed by atoms with Crippen LogP contribution >= 0.6 is 47.0 Å². The summed E-state index contributed by atoms with van der Waals surface area (Å²) in [7, 11) is 1.56. The van der Waals surface area contributed by atoms with Crippen LogP contribution in [0, 0.1) is 0 Å². The number of urea groups is 1. The summed E-state index contributed by atoms with van der Waals surface area (Å²) >= 11 is 22.1. The van der Waals surface area contributed by atoms with Gasteiger partial charge in [-0.25, -0.2) is 9.80 Å². The zero-order chi connectivity index (χ0) is 14.9. The molecule has 1 N–H and O–H groups in total. The highest BCUT2D eigenvalue weighted by Crippen LogP contribution is 2.35. The molecule has 1 aliphatic heterocycles. The van der Waals surface area contributed by atoms with E-state index in [0.29, 0.717) is 11.4 Å². The Morgan fingerprint density at radius 2 is 1.95 bits per heavy atom. The fraction of sp³-hybridized carbons (Fsp3) is 0.273. The van der Waals surface area contributed by atoms with Crippen molar-refractivity contribution in [2.45, 2.75) is 10.1 Å². The molecule has 1 heterocycles. The average molecular weight is 355 g/mol. The normalized spacial score (nSPS) is 19.4. The minimum atomic E-state index is -1.91. The van der Waals surface area contributed by atoms with Crippen molar-refractivity contribution in [1.82, 2.24) is 10.4 Å². The number of hydrogen-bond acceptors (Lipinski definition) is 4. The predicted molar refractivity (Wildman–Crippen MR) is 83.6 cm³/mol. The van der Waals surface area contributed by atoms with E-state index in [1.807, 2.05) is 0 Å². The molecule has 9 heteroatoms. The van der Waals surface area contributed by atoms with Crippen molar-refractivity contribution in [3.05, 3.63) is 24.3 Å². The third-order valence-corrected chi connectivity index (χ3v) is 3.43. The fourth-order valence-electron chi connectivity index (χ4n) is 1.76. The van der Waals surface area contributed by atoms with Gasteiger partial charge in [0, 0.05) is 11.1 Å². The summed E-state index contributed by atoms with van der Waals surface area (Å²) in [6.45, 7) is 0. The Hall–Kier alpha value is -0.790. The van der Waals surface area contributed by atoms with Gasteiger partial charge in [-0.15, -0.1) is 0 Å². The van der Waals surface area contributed by atoms with Crippen LogP contribution in [0.25, 0.3) is 0 Å². The third-order valence-electron chi connectivity index (χ3n) is 2.67. The molecule has 0 aromatic heterocycles. The van der Waals surface area contributed by atoms with E-state index >= 15 is 0 Å². The van der Waals surface area contributed by atoms with Gasteiger partial charge in [-0.2, -0.15) is 5.43 Å². The van der Waals surface area contributed by atoms with Gasteiger partial charge < -0.3 is 4.74 Å². The molecule has 1 unspecified atom stereocenters. The Morgan fingerprint density at radius 3 is 2.40 bits per heavy atom. The SMILES string of the molecule is COc1ccc(N2C(=O)N(C(Cl)(Cl)Cl)NC2C=S)cc1. The first kappa shape index (κ1) is 15.6. The van der Waals surface area contributed by atoms with Crippen LogP contribution in [0.1, 0.15) is 0 Å². The highest BCUT2D eigenvalue weighted by molar-refractivity contribution is 7.79. The number of anilines is 1. The molecule has 5 nitrogen and oxygen atoms in total. The number of methoxy groups -OCH3 is 1. The maximum Gasteiger partial charge on any atom is 0.344 e. The summed E-state index contributed by atoms with van der Waals surface area (Å²) in [6, 6.07) is 6.36. The second-order valence-corrected chi connectivity index (χ2v) is 6.36. The number of carbonyl (C=O) groups is 1. The van der Waals surface area contributed by atoms with Crippen LogP contribution in [0.3, 0.4) is 0 Å². The van der Waals surface area contributed by atoms with Crippen molar-refractivity contribution in [3.8, 4) is 5.75 Å². The van der Waals surface area contributed by atoms with E-state index in [9.17, 15) is 4.79 Å². The first-order valence-corrected chi connectivity index (χ1v) is 7.04. The zero-order valence-corrected chi connectivity index (χ0v) is 13.3. The third kappa shape index (κ3) is 2.94. The number of nitrogens with zero attached hydrogens (tertiary/aromatic N) is 2. The van der Waals surface area contributed by atoms with Gasteiger partial charge in [0.05, 0.1) is 7.11 Å². The van der Waals surface area contributed by atoms with E-state index in [1.54, 1.807) is 31.4 Å². The van der Waals surface area contributed by atoms with Gasteiger partial charge in [0.25, 0.3) is 3.92 Å². The van der Waals surface area contributed by atoms with Crippen molar-refractivity contribution in [3.63, 3.8) is 0 Å². The number of alkyl halides is 3. The van der Waals surface area contributed by atoms with Gasteiger partial charge in [0.1, 0.15) is 11.9 Å². The highest BCUT2D eigenvalue weighted by atomic mass is 35.6. The summed E-state index contributed by atoms with van der Waals surface area (Å²) in [6.07, 6.45) is -0.582. The molecule has 0 spiro atoms. The summed E-state index contributed by atoms with van der Waals surface area (Å²) in [4.78, 5) is 13.7. The second kappa shape index (κ2) is 5.91. The van der Waals surface area contributed by atoms with E-state index in [1.165, 1.54) is 10.3 Å². The molecule has 2 rings (SSSR count). The molecule has 1 fully saturated rings. The smallest absolute Gasteiger partial charge is 0.344 e. The fourth-order valence-corrected chi connectivity index (χ4v) is 2.30. The van der Waals surface area contributed by atoms with Crippen molar-refractivity contribution in [1.29, 1.82) is 0 Å². The van der Waals surface area contributed by atoms with E-state index in [2.05, 4.69) is 5.43 Å². The number of hydrogen-bond donors (Lipinski definition) is 1. The number of rotatable bonds is 3. The first-order chi connectivity index (χ1) is 9.38. The lowest BCUT2D eigenvalue weighted by Gasteiger charge is -2.23. The van der Waals surface area contributed by atoms with E-state index in [4.69, 9.17) is 51.8 Å². The van der Waals surface area contributed by atoms with Crippen molar-refractivity contribution in [2.75, 3.05) is 12.0 Å². The zero-order valence-electron chi connectivity index (χ0n) is 10.2. The molecule has 0 radical (unpaired) electrons. The minimum Gasteiger partial charge on any atom is -0.497 e. The maximum absolute atomic E-state index is 12.3. The van der Waals surface area contributed by atoms with Crippen LogP contribution < -0.4 is 15.1 Å². The lowest BCUT2D eigenvalue weighted by atomic mass is 10.2. The lowest BCUT2D eigenvalue weighted by Crippen LogP contribution is -2.45. The minimum absolute atomic E-state index is 0.513. The Morgan fingerprint density at radius 1 is 1.35 bits per heavy atom. The van der Waals surface area contributed by atoms with Gasteiger partial charge in [-0.3, -0.25) is 4.90 Å². The Balaban J connectivity index is 2.33. The largest absolute Gasteiger partial charge is 0.497 e. The molecular formula is C11H10Cl3N3O2S. The number of amides is 2. The molecule has 1 saturated heterocycles. The summed E-state index contributed by atoms with van der Waals surface area (Å²) in [5.74, 6) is 0.672. The van der Waals surface area contributed by atoms with Gasteiger partial charge in [-0.1, -0.05) is 47.0 Å². The molecular weight excluding hydrogens is 345 g/mol. The molecule has 108 valence electrons. The van der Waals surface area contributed by atoms with E-state index in [0.717, 1.165) is 5.01 Å². The topological polar surface area (TPSA) is 44.8 Å². The summed E-state index contributed by atoms with van der Waals surface area (Å²) in [5, 5.41) is 2.27. The predicted octanol–water partition coefficient (Wildman–Crippen LogP) is 3.10. The molecule has 20 heavy (non-hydrogen) atoms. The summed E-state index contributed by atoms with van der Waals surface area (Å²) in [5.41, 5.74) is 3.33. The molecule has 0 aliphatic carbocycles. The molecule has 0 bridgehead atoms. The van der Waals surface area contributed by atoms with Crippen LogP contribution in [0.2, 0.25) is 0 Å². The monoisotopic (exact) mass is 353 g/mol. The summed E-state index contributed by atoms with van der Waals surface area (Å²) < 4.78 is 3.16. The molecule has 0 saturated carbocycles. The van der Waals surface area contributed by atoms with Gasteiger partial charge in [0.2, 0.25) is 0 Å². The van der Waals surface area contributed by atoms with Gasteiger partial charge in [0.15, 0.2) is 0 Å². The van der Waals surface area contributed by atoms with Crippen LogP contribution in [-0.4, -0.2) is 33.6 Å². The Kier molecular flexibility index (Phi) is 4.61.